The van der Waals surface area contributed by atoms with Gasteiger partial charge >= 0.3 is 0 Å². The first kappa shape index (κ1) is 13.5. The Kier molecular flexibility index (Phi) is 4.78. The molecule has 0 aromatic carbocycles. The Morgan fingerprint density at radius 2 is 1.88 bits per heavy atom. The number of nitrogens with one attached hydrogen (secondary N) is 1. The third-order valence-corrected chi connectivity index (χ3v) is 3.15. The third-order valence-electron chi connectivity index (χ3n) is 3.15. The van der Waals surface area contributed by atoms with Gasteiger partial charge in [-0.25, -0.2) is 0 Å². The van der Waals surface area contributed by atoms with Crippen molar-refractivity contribution >= 4 is 5.91 Å². The molecule has 0 bridgehead atoms. The van der Waals surface area contributed by atoms with Crippen molar-refractivity contribution in [3.8, 4) is 0 Å². The van der Waals surface area contributed by atoms with Crippen LogP contribution in [-0.2, 0) is 4.79 Å². The van der Waals surface area contributed by atoms with Crippen molar-refractivity contribution in [2.24, 2.45) is 11.7 Å². The van der Waals surface area contributed by atoms with E-state index in [1.165, 1.54) is 32.1 Å². The van der Waals surface area contributed by atoms with Crippen LogP contribution >= 0.6 is 0 Å². The molecule has 0 radical (unpaired) electrons. The summed E-state index contributed by atoms with van der Waals surface area (Å²) < 4.78 is 0. The molecule has 1 atom stereocenters. The summed E-state index contributed by atoms with van der Waals surface area (Å²) >= 11 is 0. The zero-order valence-electron chi connectivity index (χ0n) is 10.9. The summed E-state index contributed by atoms with van der Waals surface area (Å²) in [6.07, 6.45) is 7.30. The van der Waals surface area contributed by atoms with Gasteiger partial charge in [-0.1, -0.05) is 32.1 Å². The first-order chi connectivity index (χ1) is 7.38. The quantitative estimate of drug-likeness (QED) is 0.775. The highest BCUT2D eigenvalue weighted by atomic mass is 16.2. The molecular weight excluding hydrogens is 200 g/mol. The number of carbonyl (C=O) groups excluding carboxylic acids is 1. The molecule has 0 saturated heterocycles. The highest BCUT2D eigenvalue weighted by Gasteiger charge is 2.23. The van der Waals surface area contributed by atoms with E-state index in [1.54, 1.807) is 0 Å². The van der Waals surface area contributed by atoms with Crippen molar-refractivity contribution in [1.82, 2.24) is 5.32 Å². The average molecular weight is 226 g/mol. The summed E-state index contributed by atoms with van der Waals surface area (Å²) in [5.74, 6) is 0.660. The number of carbonyl (C=O) groups is 1. The fraction of sp³-hybridized carbons (Fsp3) is 0.923. The van der Waals surface area contributed by atoms with Crippen LogP contribution in [0, 0.1) is 5.92 Å². The zero-order chi connectivity index (χ0) is 12.2. The van der Waals surface area contributed by atoms with E-state index in [0.717, 1.165) is 6.42 Å². The molecular formula is C13H26N2O. The third kappa shape index (κ3) is 4.97. The summed E-state index contributed by atoms with van der Waals surface area (Å²) in [4.78, 5) is 11.8. The zero-order valence-corrected chi connectivity index (χ0v) is 10.9. The minimum Gasteiger partial charge on any atom is -0.350 e. The molecule has 16 heavy (non-hydrogen) atoms. The predicted octanol–water partition coefficient (Wildman–Crippen LogP) is 2.20. The Labute approximate surface area is 99.2 Å². The molecule has 94 valence electrons. The average Bonchev–Trinajstić information content (AvgIpc) is 2.16. The second-order valence-electron chi connectivity index (χ2n) is 6.09. The summed E-state index contributed by atoms with van der Waals surface area (Å²) in [5, 5.41) is 2.94. The fourth-order valence-corrected chi connectivity index (χ4v) is 2.35. The van der Waals surface area contributed by atoms with Gasteiger partial charge in [0.2, 0.25) is 5.91 Å². The van der Waals surface area contributed by atoms with Gasteiger partial charge in [-0.2, -0.15) is 0 Å². The molecule has 0 aliphatic heterocycles. The summed E-state index contributed by atoms with van der Waals surface area (Å²) in [6.45, 7) is 5.95. The van der Waals surface area contributed by atoms with E-state index in [2.05, 4.69) is 5.32 Å². The van der Waals surface area contributed by atoms with Crippen molar-refractivity contribution in [1.29, 1.82) is 0 Å². The maximum atomic E-state index is 11.8. The van der Waals surface area contributed by atoms with E-state index in [-0.39, 0.29) is 17.5 Å². The number of hydrogen-bond donors (Lipinski definition) is 2. The Hall–Kier alpha value is -0.570. The maximum Gasteiger partial charge on any atom is 0.237 e. The van der Waals surface area contributed by atoms with E-state index >= 15 is 0 Å². The number of nitrogens with two attached hydrogens (primary N) is 1. The monoisotopic (exact) mass is 226 g/mol. The van der Waals surface area contributed by atoms with Crippen LogP contribution in [-0.4, -0.2) is 17.5 Å². The van der Waals surface area contributed by atoms with E-state index in [4.69, 9.17) is 5.73 Å². The molecule has 0 aromatic heterocycles. The van der Waals surface area contributed by atoms with Gasteiger partial charge in [0.1, 0.15) is 0 Å². The van der Waals surface area contributed by atoms with E-state index in [0.29, 0.717) is 5.92 Å². The van der Waals surface area contributed by atoms with Gasteiger partial charge in [0.15, 0.2) is 0 Å². The minimum atomic E-state index is -0.331. The van der Waals surface area contributed by atoms with Crippen molar-refractivity contribution in [2.45, 2.75) is 70.9 Å². The summed E-state index contributed by atoms with van der Waals surface area (Å²) in [7, 11) is 0. The number of amides is 1. The van der Waals surface area contributed by atoms with Crippen molar-refractivity contribution < 1.29 is 4.79 Å². The minimum absolute atomic E-state index is 0.00178. The van der Waals surface area contributed by atoms with Crippen LogP contribution in [0.25, 0.3) is 0 Å². The molecule has 1 amide bonds. The van der Waals surface area contributed by atoms with Crippen LogP contribution in [0.4, 0.5) is 0 Å². The Bertz CT molecular complexity index is 227. The highest BCUT2D eigenvalue weighted by molar-refractivity contribution is 5.82. The van der Waals surface area contributed by atoms with Crippen molar-refractivity contribution in [3.63, 3.8) is 0 Å². The van der Waals surface area contributed by atoms with E-state index < -0.39 is 0 Å². The molecule has 3 nitrogen and oxygen atoms in total. The predicted molar refractivity (Wildman–Crippen MR) is 67.1 cm³/mol. The lowest BCUT2D eigenvalue weighted by Crippen LogP contribution is -2.49. The largest absolute Gasteiger partial charge is 0.350 e. The van der Waals surface area contributed by atoms with Crippen LogP contribution in [0.15, 0.2) is 0 Å². The molecule has 1 aliphatic carbocycles. The van der Waals surface area contributed by atoms with Crippen LogP contribution in [0.5, 0.6) is 0 Å². The molecule has 1 saturated carbocycles. The van der Waals surface area contributed by atoms with Gasteiger partial charge in [0, 0.05) is 5.54 Å². The number of rotatable bonds is 3. The van der Waals surface area contributed by atoms with E-state index in [1.807, 2.05) is 20.8 Å². The van der Waals surface area contributed by atoms with Gasteiger partial charge < -0.3 is 11.1 Å². The molecule has 0 heterocycles. The molecule has 1 aliphatic rings. The lowest BCUT2D eigenvalue weighted by atomic mass is 9.84. The highest BCUT2D eigenvalue weighted by Crippen LogP contribution is 2.27. The SMILES string of the molecule is CC(C)(C)NC(=O)C(N)CC1CCCCC1. The fourth-order valence-electron chi connectivity index (χ4n) is 2.35. The smallest absolute Gasteiger partial charge is 0.237 e. The molecule has 1 fully saturated rings. The van der Waals surface area contributed by atoms with Crippen LogP contribution in [0.1, 0.15) is 59.3 Å². The lowest BCUT2D eigenvalue weighted by Gasteiger charge is -2.27. The first-order valence-electron chi connectivity index (χ1n) is 6.46. The Morgan fingerprint density at radius 3 is 2.38 bits per heavy atom. The molecule has 1 unspecified atom stereocenters. The second kappa shape index (κ2) is 5.67. The number of hydrogen-bond acceptors (Lipinski definition) is 2. The van der Waals surface area contributed by atoms with Crippen LogP contribution < -0.4 is 11.1 Å². The molecule has 3 heteroatoms. The summed E-state index contributed by atoms with van der Waals surface area (Å²) in [5.41, 5.74) is 5.76. The second-order valence-corrected chi connectivity index (χ2v) is 6.09. The molecule has 3 N–H and O–H groups in total. The van der Waals surface area contributed by atoms with Gasteiger partial charge in [-0.3, -0.25) is 4.79 Å². The van der Waals surface area contributed by atoms with Gasteiger partial charge in [-0.15, -0.1) is 0 Å². The normalized spacial score (nSPS) is 20.5. The van der Waals surface area contributed by atoms with Crippen molar-refractivity contribution in [3.05, 3.63) is 0 Å². The first-order valence-corrected chi connectivity index (χ1v) is 6.46. The Balaban J connectivity index is 2.33. The summed E-state index contributed by atoms with van der Waals surface area (Å²) in [6, 6.07) is -0.331. The topological polar surface area (TPSA) is 55.1 Å². The Morgan fingerprint density at radius 1 is 1.31 bits per heavy atom. The molecule has 0 spiro atoms. The van der Waals surface area contributed by atoms with Gasteiger partial charge in [0.05, 0.1) is 6.04 Å². The van der Waals surface area contributed by atoms with E-state index in [9.17, 15) is 4.79 Å². The van der Waals surface area contributed by atoms with Crippen LogP contribution in [0.2, 0.25) is 0 Å². The van der Waals surface area contributed by atoms with Gasteiger partial charge in [-0.05, 0) is 33.1 Å². The standard InChI is InChI=1S/C13H26N2O/c1-13(2,3)15-12(16)11(14)9-10-7-5-4-6-8-10/h10-11H,4-9,14H2,1-3H3,(H,15,16). The van der Waals surface area contributed by atoms with Crippen LogP contribution in [0.3, 0.4) is 0 Å². The lowest BCUT2D eigenvalue weighted by molar-refractivity contribution is -0.124. The van der Waals surface area contributed by atoms with Gasteiger partial charge in [0.25, 0.3) is 0 Å². The molecule has 0 aromatic rings. The molecule has 1 rings (SSSR count). The maximum absolute atomic E-state index is 11.8. The van der Waals surface area contributed by atoms with Crippen molar-refractivity contribution in [2.75, 3.05) is 0 Å².